The summed E-state index contributed by atoms with van der Waals surface area (Å²) in [6.45, 7) is 5.63. The standard InChI is InChI=1S/C13H11BrClF2N/c1-5(2)9-6(3)18-13-8(16)4-7(14)12(17)10(13)11(9)15/h4-5H,1-3H3. The summed E-state index contributed by atoms with van der Waals surface area (Å²) in [4.78, 5) is 4.14. The first-order valence-electron chi connectivity index (χ1n) is 5.47. The third-order valence-corrected chi connectivity index (χ3v) is 3.82. The number of benzene rings is 1. The summed E-state index contributed by atoms with van der Waals surface area (Å²) in [7, 11) is 0. The third kappa shape index (κ3) is 2.01. The molecule has 0 spiro atoms. The molecule has 2 aromatic rings. The van der Waals surface area contributed by atoms with Crippen LogP contribution in [0.4, 0.5) is 8.78 Å². The molecule has 96 valence electrons. The van der Waals surface area contributed by atoms with Crippen molar-refractivity contribution in [3.8, 4) is 0 Å². The van der Waals surface area contributed by atoms with E-state index >= 15 is 0 Å². The highest BCUT2D eigenvalue weighted by molar-refractivity contribution is 9.10. The van der Waals surface area contributed by atoms with Crippen LogP contribution in [-0.2, 0) is 0 Å². The summed E-state index contributed by atoms with van der Waals surface area (Å²) in [6.07, 6.45) is 0. The fourth-order valence-corrected chi connectivity index (χ4v) is 3.01. The lowest BCUT2D eigenvalue weighted by Gasteiger charge is -2.15. The Labute approximate surface area is 117 Å². The lowest BCUT2D eigenvalue weighted by molar-refractivity contribution is 0.609. The maximum absolute atomic E-state index is 14.1. The van der Waals surface area contributed by atoms with Crippen molar-refractivity contribution in [1.29, 1.82) is 0 Å². The molecule has 1 aromatic heterocycles. The van der Waals surface area contributed by atoms with Crippen molar-refractivity contribution >= 4 is 38.4 Å². The highest BCUT2D eigenvalue weighted by Gasteiger charge is 2.20. The minimum absolute atomic E-state index is 0.0254. The second kappa shape index (κ2) is 4.74. The predicted octanol–water partition coefficient (Wildman–Crippen LogP) is 5.36. The van der Waals surface area contributed by atoms with E-state index in [4.69, 9.17) is 11.6 Å². The average molecular weight is 335 g/mol. The van der Waals surface area contributed by atoms with Crippen LogP contribution in [0.1, 0.15) is 31.0 Å². The fraction of sp³-hybridized carbons (Fsp3) is 0.308. The largest absolute Gasteiger partial charge is 0.250 e. The van der Waals surface area contributed by atoms with Crippen molar-refractivity contribution < 1.29 is 8.78 Å². The van der Waals surface area contributed by atoms with E-state index in [0.717, 1.165) is 11.6 Å². The molecule has 0 bridgehead atoms. The third-order valence-electron chi connectivity index (χ3n) is 2.85. The number of hydrogen-bond acceptors (Lipinski definition) is 1. The van der Waals surface area contributed by atoms with Gasteiger partial charge in [-0.05, 0) is 40.4 Å². The Bertz CT molecular complexity index is 641. The molecule has 18 heavy (non-hydrogen) atoms. The van der Waals surface area contributed by atoms with E-state index in [-0.39, 0.29) is 26.3 Å². The number of fused-ring (bicyclic) bond motifs is 1. The number of pyridine rings is 1. The van der Waals surface area contributed by atoms with Crippen molar-refractivity contribution in [3.63, 3.8) is 0 Å². The van der Waals surface area contributed by atoms with Crippen molar-refractivity contribution in [2.24, 2.45) is 0 Å². The van der Waals surface area contributed by atoms with Gasteiger partial charge in [0.25, 0.3) is 0 Å². The van der Waals surface area contributed by atoms with E-state index in [1.165, 1.54) is 0 Å². The zero-order valence-corrected chi connectivity index (χ0v) is 12.5. The van der Waals surface area contributed by atoms with Crippen LogP contribution in [0.5, 0.6) is 0 Å². The Morgan fingerprint density at radius 3 is 2.50 bits per heavy atom. The molecule has 0 unspecified atom stereocenters. The van der Waals surface area contributed by atoms with Gasteiger partial charge in [-0.25, -0.2) is 13.8 Å². The highest BCUT2D eigenvalue weighted by Crippen LogP contribution is 2.37. The quantitative estimate of drug-likeness (QED) is 0.640. The Kier molecular flexibility index (Phi) is 3.60. The van der Waals surface area contributed by atoms with Gasteiger partial charge in [0.2, 0.25) is 0 Å². The van der Waals surface area contributed by atoms with Crippen LogP contribution in [-0.4, -0.2) is 4.98 Å². The van der Waals surface area contributed by atoms with Crippen LogP contribution in [0.25, 0.3) is 10.9 Å². The van der Waals surface area contributed by atoms with E-state index in [9.17, 15) is 8.78 Å². The maximum atomic E-state index is 14.1. The first kappa shape index (κ1) is 13.7. The lowest BCUT2D eigenvalue weighted by atomic mass is 9.99. The lowest BCUT2D eigenvalue weighted by Crippen LogP contribution is -2.01. The number of aromatic nitrogens is 1. The van der Waals surface area contributed by atoms with Gasteiger partial charge in [-0.15, -0.1) is 0 Å². The highest BCUT2D eigenvalue weighted by atomic mass is 79.9. The molecular weight excluding hydrogens is 324 g/mol. The Balaban J connectivity index is 3.01. The zero-order valence-electron chi connectivity index (χ0n) is 10.1. The molecule has 0 aliphatic carbocycles. The van der Waals surface area contributed by atoms with Gasteiger partial charge in [0.05, 0.1) is 14.9 Å². The van der Waals surface area contributed by atoms with Gasteiger partial charge in [-0.1, -0.05) is 25.4 Å². The summed E-state index contributed by atoms with van der Waals surface area (Å²) in [5, 5.41) is 0.281. The normalized spacial score (nSPS) is 11.6. The van der Waals surface area contributed by atoms with Gasteiger partial charge in [-0.3, -0.25) is 0 Å². The molecule has 0 amide bonds. The van der Waals surface area contributed by atoms with Crippen LogP contribution in [0.2, 0.25) is 5.02 Å². The van der Waals surface area contributed by atoms with E-state index in [1.54, 1.807) is 6.92 Å². The van der Waals surface area contributed by atoms with Crippen molar-refractivity contribution in [1.82, 2.24) is 4.98 Å². The number of rotatable bonds is 1. The molecule has 0 fully saturated rings. The molecule has 1 aromatic carbocycles. The molecule has 0 aliphatic heterocycles. The van der Waals surface area contributed by atoms with Gasteiger partial charge < -0.3 is 0 Å². The zero-order chi connectivity index (χ0) is 13.6. The SMILES string of the molecule is Cc1nc2c(F)cc(Br)c(F)c2c(Cl)c1C(C)C. The smallest absolute Gasteiger partial charge is 0.150 e. The number of nitrogens with zero attached hydrogens (tertiary/aromatic N) is 1. The molecule has 5 heteroatoms. The average Bonchev–Trinajstić information content (AvgIpc) is 2.25. The Morgan fingerprint density at radius 1 is 1.33 bits per heavy atom. The van der Waals surface area contributed by atoms with Gasteiger partial charge in [0.1, 0.15) is 11.3 Å². The minimum Gasteiger partial charge on any atom is -0.250 e. The summed E-state index contributed by atoms with van der Waals surface area (Å²) in [5.74, 6) is -1.07. The van der Waals surface area contributed by atoms with Crippen LogP contribution in [0, 0.1) is 18.6 Å². The summed E-state index contributed by atoms with van der Waals surface area (Å²) >= 11 is 9.20. The molecule has 0 atom stereocenters. The molecule has 0 aliphatic rings. The topological polar surface area (TPSA) is 12.9 Å². The van der Waals surface area contributed by atoms with Gasteiger partial charge >= 0.3 is 0 Å². The molecule has 0 saturated heterocycles. The molecule has 1 heterocycles. The van der Waals surface area contributed by atoms with Crippen LogP contribution < -0.4 is 0 Å². The van der Waals surface area contributed by atoms with Crippen LogP contribution >= 0.6 is 27.5 Å². The first-order chi connectivity index (χ1) is 8.34. The van der Waals surface area contributed by atoms with Crippen molar-refractivity contribution in [2.75, 3.05) is 0 Å². The molecular formula is C13H11BrClF2N. The van der Waals surface area contributed by atoms with E-state index < -0.39 is 11.6 Å². The molecule has 2 rings (SSSR count). The maximum Gasteiger partial charge on any atom is 0.150 e. The number of aryl methyl sites for hydroxylation is 1. The first-order valence-corrected chi connectivity index (χ1v) is 6.64. The molecule has 0 N–H and O–H groups in total. The minimum atomic E-state index is -0.585. The fourth-order valence-electron chi connectivity index (χ4n) is 2.09. The van der Waals surface area contributed by atoms with Crippen LogP contribution in [0.15, 0.2) is 10.5 Å². The summed E-state index contributed by atoms with van der Waals surface area (Å²) < 4.78 is 27.9. The second-order valence-electron chi connectivity index (χ2n) is 4.46. The number of hydrogen-bond donors (Lipinski definition) is 0. The van der Waals surface area contributed by atoms with E-state index in [0.29, 0.717) is 5.69 Å². The van der Waals surface area contributed by atoms with Gasteiger partial charge in [-0.2, -0.15) is 0 Å². The number of halogens is 4. The van der Waals surface area contributed by atoms with E-state index in [1.807, 2.05) is 13.8 Å². The molecule has 0 saturated carbocycles. The molecule has 1 nitrogen and oxygen atoms in total. The van der Waals surface area contributed by atoms with Gasteiger partial charge in [0, 0.05) is 5.69 Å². The second-order valence-corrected chi connectivity index (χ2v) is 5.69. The summed E-state index contributed by atoms with van der Waals surface area (Å²) in [5.41, 5.74) is 1.35. The van der Waals surface area contributed by atoms with Crippen molar-refractivity contribution in [3.05, 3.63) is 38.5 Å². The predicted molar refractivity (Wildman–Crippen MR) is 73.2 cm³/mol. The van der Waals surface area contributed by atoms with E-state index in [2.05, 4.69) is 20.9 Å². The Hall–Kier alpha value is -0.740. The van der Waals surface area contributed by atoms with Gasteiger partial charge in [0.15, 0.2) is 5.82 Å². The van der Waals surface area contributed by atoms with Crippen molar-refractivity contribution in [2.45, 2.75) is 26.7 Å². The van der Waals surface area contributed by atoms with Crippen LogP contribution in [0.3, 0.4) is 0 Å². The summed E-state index contributed by atoms with van der Waals surface area (Å²) in [6, 6.07) is 1.06. The Morgan fingerprint density at radius 2 is 1.94 bits per heavy atom. The molecule has 0 radical (unpaired) electrons. The monoisotopic (exact) mass is 333 g/mol.